The molecule has 0 unspecified atom stereocenters. The van der Waals surface area contributed by atoms with Crippen LogP contribution in [0.3, 0.4) is 0 Å². The van der Waals surface area contributed by atoms with Crippen molar-refractivity contribution in [2.45, 2.75) is 38.8 Å². The molecular formula is C14H19NO5. The molecule has 1 amide bonds. The number of carbonyl (C=O) groups excluding carboxylic acids is 1. The molecule has 2 N–H and O–H groups in total. The van der Waals surface area contributed by atoms with E-state index in [1.165, 1.54) is 6.07 Å². The normalized spacial score (nSPS) is 21.2. The Labute approximate surface area is 117 Å². The number of ether oxygens (including phenoxy) is 1. The number of furan rings is 1. The first-order valence-electron chi connectivity index (χ1n) is 6.78. The molecule has 110 valence electrons. The Hall–Kier alpha value is -1.82. The summed E-state index contributed by atoms with van der Waals surface area (Å²) in [5.74, 6) is -0.445. The van der Waals surface area contributed by atoms with Crippen LogP contribution < -0.4 is 5.32 Å². The quantitative estimate of drug-likeness (QED) is 0.795. The van der Waals surface area contributed by atoms with Gasteiger partial charge in [0.1, 0.15) is 5.76 Å². The molecule has 0 aliphatic heterocycles. The maximum atomic E-state index is 11.7. The first-order valence-corrected chi connectivity index (χ1v) is 6.78. The van der Waals surface area contributed by atoms with Crippen molar-refractivity contribution < 1.29 is 23.8 Å². The number of hydrogen-bond acceptors (Lipinski definition) is 4. The van der Waals surface area contributed by atoms with E-state index in [1.54, 1.807) is 6.07 Å². The molecule has 0 atom stereocenters. The summed E-state index contributed by atoms with van der Waals surface area (Å²) in [7, 11) is 0. The van der Waals surface area contributed by atoms with Crippen LogP contribution in [-0.4, -0.2) is 29.7 Å². The predicted octanol–water partition coefficient (Wildman–Crippen LogP) is 1.80. The van der Waals surface area contributed by atoms with Gasteiger partial charge in [0.25, 0.3) is 0 Å². The van der Waals surface area contributed by atoms with Crippen LogP contribution in [-0.2, 0) is 16.1 Å². The summed E-state index contributed by atoms with van der Waals surface area (Å²) in [6.45, 7) is 2.90. The van der Waals surface area contributed by atoms with Crippen molar-refractivity contribution in [2.24, 2.45) is 5.92 Å². The largest absolute Gasteiger partial charge is 0.475 e. The second-order valence-electron chi connectivity index (χ2n) is 4.97. The van der Waals surface area contributed by atoms with E-state index in [0.29, 0.717) is 30.8 Å². The van der Waals surface area contributed by atoms with E-state index in [4.69, 9.17) is 14.3 Å². The van der Waals surface area contributed by atoms with Gasteiger partial charge in [0.15, 0.2) is 0 Å². The fourth-order valence-corrected chi connectivity index (χ4v) is 2.32. The summed E-state index contributed by atoms with van der Waals surface area (Å²) in [5.41, 5.74) is 0. The molecule has 0 radical (unpaired) electrons. The molecule has 1 aliphatic carbocycles. The summed E-state index contributed by atoms with van der Waals surface area (Å²) < 4.78 is 10.5. The van der Waals surface area contributed by atoms with E-state index in [0.717, 1.165) is 12.8 Å². The molecular weight excluding hydrogens is 262 g/mol. The monoisotopic (exact) mass is 281 g/mol. The van der Waals surface area contributed by atoms with Gasteiger partial charge in [-0.3, -0.25) is 4.79 Å². The first kappa shape index (κ1) is 14.6. The van der Waals surface area contributed by atoms with Crippen LogP contribution in [0.1, 0.15) is 42.5 Å². The number of carboxylic acids is 1. The summed E-state index contributed by atoms with van der Waals surface area (Å²) in [4.78, 5) is 22.4. The number of aromatic carboxylic acids is 1. The topological polar surface area (TPSA) is 88.8 Å². The van der Waals surface area contributed by atoms with Crippen LogP contribution in [0.4, 0.5) is 0 Å². The molecule has 1 saturated carbocycles. The third kappa shape index (κ3) is 3.84. The number of amides is 1. The highest BCUT2D eigenvalue weighted by atomic mass is 16.5. The number of carbonyl (C=O) groups is 2. The molecule has 6 heteroatoms. The van der Waals surface area contributed by atoms with Crippen molar-refractivity contribution in [1.82, 2.24) is 5.32 Å². The van der Waals surface area contributed by atoms with Crippen LogP contribution in [0.2, 0.25) is 0 Å². The lowest BCUT2D eigenvalue weighted by atomic mass is 9.80. The van der Waals surface area contributed by atoms with E-state index in [2.05, 4.69) is 5.32 Å². The van der Waals surface area contributed by atoms with Gasteiger partial charge in [-0.05, 0) is 37.8 Å². The van der Waals surface area contributed by atoms with Crippen LogP contribution in [0.5, 0.6) is 0 Å². The maximum Gasteiger partial charge on any atom is 0.371 e. The van der Waals surface area contributed by atoms with Crippen molar-refractivity contribution in [3.63, 3.8) is 0 Å². The third-order valence-electron chi connectivity index (χ3n) is 3.40. The fraction of sp³-hybridized carbons (Fsp3) is 0.571. The Morgan fingerprint density at radius 1 is 1.45 bits per heavy atom. The minimum Gasteiger partial charge on any atom is -0.475 e. The van der Waals surface area contributed by atoms with Gasteiger partial charge < -0.3 is 19.6 Å². The lowest BCUT2D eigenvalue weighted by Crippen LogP contribution is -2.35. The van der Waals surface area contributed by atoms with Crippen molar-refractivity contribution >= 4 is 11.9 Å². The lowest BCUT2D eigenvalue weighted by molar-refractivity contribution is -0.124. The van der Waals surface area contributed by atoms with Gasteiger partial charge in [0, 0.05) is 13.0 Å². The molecule has 20 heavy (non-hydrogen) atoms. The molecule has 1 aromatic rings. The summed E-state index contributed by atoms with van der Waals surface area (Å²) >= 11 is 0. The highest BCUT2D eigenvalue weighted by molar-refractivity contribution is 5.84. The van der Waals surface area contributed by atoms with Gasteiger partial charge >= 0.3 is 5.97 Å². The van der Waals surface area contributed by atoms with Crippen molar-refractivity contribution in [3.8, 4) is 0 Å². The predicted molar refractivity (Wildman–Crippen MR) is 70.3 cm³/mol. The fourth-order valence-electron chi connectivity index (χ4n) is 2.32. The smallest absolute Gasteiger partial charge is 0.371 e. The second kappa shape index (κ2) is 6.56. The van der Waals surface area contributed by atoms with Crippen LogP contribution >= 0.6 is 0 Å². The molecule has 1 aliphatic rings. The molecule has 0 saturated heterocycles. The highest BCUT2D eigenvalue weighted by Crippen LogP contribution is 2.32. The van der Waals surface area contributed by atoms with Crippen LogP contribution in [0.15, 0.2) is 16.5 Å². The Morgan fingerprint density at radius 3 is 2.80 bits per heavy atom. The van der Waals surface area contributed by atoms with Crippen LogP contribution in [0, 0.1) is 5.92 Å². The molecule has 2 rings (SSSR count). The standard InChI is InChI=1S/C14H19NO5/c1-2-19-11-5-9(6-11)7-13(16)15-8-10-3-4-12(20-10)14(17)18/h3-4,9,11H,2,5-8H2,1H3,(H,15,16)(H,17,18). The Morgan fingerprint density at radius 2 is 2.20 bits per heavy atom. The lowest BCUT2D eigenvalue weighted by Gasteiger charge is -2.34. The number of rotatable bonds is 7. The zero-order valence-electron chi connectivity index (χ0n) is 11.4. The average Bonchev–Trinajstić information content (AvgIpc) is 2.83. The Balaban J connectivity index is 1.66. The molecule has 1 fully saturated rings. The number of carboxylic acid groups (broad SMARTS) is 1. The second-order valence-corrected chi connectivity index (χ2v) is 4.97. The summed E-state index contributed by atoms with van der Waals surface area (Å²) in [5, 5.41) is 11.4. The maximum absolute atomic E-state index is 11.7. The van der Waals surface area contributed by atoms with Crippen molar-refractivity contribution in [2.75, 3.05) is 6.61 Å². The van der Waals surface area contributed by atoms with E-state index in [-0.39, 0.29) is 18.2 Å². The molecule has 0 aromatic carbocycles. The SMILES string of the molecule is CCOC1CC(CC(=O)NCc2ccc(C(=O)O)o2)C1. The zero-order chi connectivity index (χ0) is 14.5. The van der Waals surface area contributed by atoms with Crippen molar-refractivity contribution in [3.05, 3.63) is 23.7 Å². The summed E-state index contributed by atoms with van der Waals surface area (Å²) in [6, 6.07) is 2.93. The van der Waals surface area contributed by atoms with E-state index in [1.807, 2.05) is 6.92 Å². The third-order valence-corrected chi connectivity index (χ3v) is 3.40. The molecule has 6 nitrogen and oxygen atoms in total. The Bertz CT molecular complexity index is 476. The highest BCUT2D eigenvalue weighted by Gasteiger charge is 2.30. The number of hydrogen-bond donors (Lipinski definition) is 2. The van der Waals surface area contributed by atoms with E-state index < -0.39 is 5.97 Å². The van der Waals surface area contributed by atoms with Crippen molar-refractivity contribution in [1.29, 1.82) is 0 Å². The Kier molecular flexibility index (Phi) is 4.79. The first-order chi connectivity index (χ1) is 9.58. The van der Waals surface area contributed by atoms with E-state index >= 15 is 0 Å². The molecule has 1 aromatic heterocycles. The van der Waals surface area contributed by atoms with Gasteiger partial charge in [0.05, 0.1) is 12.6 Å². The van der Waals surface area contributed by atoms with Gasteiger partial charge in [-0.25, -0.2) is 4.79 Å². The van der Waals surface area contributed by atoms with E-state index in [9.17, 15) is 9.59 Å². The molecule has 0 spiro atoms. The van der Waals surface area contributed by atoms with Gasteiger partial charge in [0.2, 0.25) is 11.7 Å². The van der Waals surface area contributed by atoms with Gasteiger partial charge in [-0.1, -0.05) is 0 Å². The zero-order valence-corrected chi connectivity index (χ0v) is 11.4. The number of nitrogens with one attached hydrogen (secondary N) is 1. The minimum atomic E-state index is -1.11. The van der Waals surface area contributed by atoms with Gasteiger partial charge in [-0.2, -0.15) is 0 Å². The molecule has 0 bridgehead atoms. The molecule has 1 heterocycles. The average molecular weight is 281 g/mol. The van der Waals surface area contributed by atoms with Gasteiger partial charge in [-0.15, -0.1) is 0 Å². The minimum absolute atomic E-state index is 0.0433. The van der Waals surface area contributed by atoms with Crippen LogP contribution in [0.25, 0.3) is 0 Å². The summed E-state index contributed by atoms with van der Waals surface area (Å²) in [6.07, 6.45) is 2.66.